The molecule has 0 saturated heterocycles. The lowest BCUT2D eigenvalue weighted by molar-refractivity contribution is -0.384. The Morgan fingerprint density at radius 2 is 2.13 bits per heavy atom. The maximum Gasteiger partial charge on any atom is 0.273 e. The van der Waals surface area contributed by atoms with E-state index in [1.54, 1.807) is 24.3 Å². The molecule has 0 aliphatic heterocycles. The van der Waals surface area contributed by atoms with Gasteiger partial charge in [0.25, 0.3) is 5.69 Å². The lowest BCUT2D eigenvalue weighted by Crippen LogP contribution is -1.91. The summed E-state index contributed by atoms with van der Waals surface area (Å²) in [6.45, 7) is 0. The highest BCUT2D eigenvalue weighted by Gasteiger charge is 2.15. The van der Waals surface area contributed by atoms with Crippen molar-refractivity contribution in [1.29, 1.82) is 5.26 Å². The lowest BCUT2D eigenvalue weighted by Gasteiger charge is -2.05. The number of aromatic nitrogens is 2. The third-order valence-corrected chi connectivity index (χ3v) is 5.06. The number of H-pyrrole nitrogens is 1. The van der Waals surface area contributed by atoms with Crippen molar-refractivity contribution < 1.29 is 14.1 Å². The number of benzene rings is 2. The molecule has 0 atom stereocenters. The number of hydrogen-bond donors (Lipinski definition) is 1. The Hall–Kier alpha value is -4.03. The van der Waals surface area contributed by atoms with Crippen molar-refractivity contribution in [3.8, 4) is 23.1 Å². The molecule has 4 aromatic rings. The second-order valence-corrected chi connectivity index (χ2v) is 7.16. The molecule has 8 nitrogen and oxygen atoms in total. The van der Waals surface area contributed by atoms with E-state index in [4.69, 9.17) is 9.15 Å². The highest BCUT2D eigenvalue weighted by molar-refractivity contribution is 8.03. The van der Waals surface area contributed by atoms with Gasteiger partial charge in [0.1, 0.15) is 23.3 Å². The van der Waals surface area contributed by atoms with E-state index in [1.165, 1.54) is 31.0 Å². The molecular weight excluding hydrogens is 404 g/mol. The third-order valence-electron chi connectivity index (χ3n) is 4.25. The summed E-state index contributed by atoms with van der Waals surface area (Å²) in [5.74, 6) is 1.26. The molecule has 30 heavy (non-hydrogen) atoms. The second kappa shape index (κ2) is 8.14. The number of ether oxygens (including phenoxy) is 1. The fourth-order valence-corrected chi connectivity index (χ4v) is 3.60. The molecule has 148 valence electrons. The van der Waals surface area contributed by atoms with Gasteiger partial charge in [0.15, 0.2) is 5.16 Å². The van der Waals surface area contributed by atoms with Crippen LogP contribution < -0.4 is 4.74 Å². The van der Waals surface area contributed by atoms with E-state index >= 15 is 0 Å². The van der Waals surface area contributed by atoms with Crippen molar-refractivity contribution in [2.75, 3.05) is 7.11 Å². The summed E-state index contributed by atoms with van der Waals surface area (Å²) in [6.07, 6.45) is 1.61. The normalized spacial score (nSPS) is 11.4. The van der Waals surface area contributed by atoms with Crippen molar-refractivity contribution >= 4 is 34.6 Å². The van der Waals surface area contributed by atoms with Crippen LogP contribution in [0.1, 0.15) is 5.76 Å². The first-order valence-corrected chi connectivity index (χ1v) is 9.56. The summed E-state index contributed by atoms with van der Waals surface area (Å²) in [5.41, 5.74) is 2.22. The van der Waals surface area contributed by atoms with E-state index < -0.39 is 4.92 Å². The molecule has 0 bridgehead atoms. The summed E-state index contributed by atoms with van der Waals surface area (Å²) in [4.78, 5) is 18.5. The summed E-state index contributed by atoms with van der Waals surface area (Å²) >= 11 is 1.20. The Morgan fingerprint density at radius 3 is 2.87 bits per heavy atom. The predicted molar refractivity (Wildman–Crippen MR) is 113 cm³/mol. The molecule has 4 rings (SSSR count). The Morgan fingerprint density at radius 1 is 1.30 bits per heavy atom. The number of methoxy groups -OCH3 is 1. The molecule has 2 aromatic heterocycles. The van der Waals surface area contributed by atoms with Gasteiger partial charge in [0, 0.05) is 12.1 Å². The van der Waals surface area contributed by atoms with Gasteiger partial charge >= 0.3 is 0 Å². The minimum atomic E-state index is -0.489. The van der Waals surface area contributed by atoms with Crippen molar-refractivity contribution in [3.63, 3.8) is 0 Å². The van der Waals surface area contributed by atoms with Crippen LogP contribution in [-0.4, -0.2) is 22.0 Å². The van der Waals surface area contributed by atoms with Crippen LogP contribution in [0.2, 0.25) is 0 Å². The zero-order valence-corrected chi connectivity index (χ0v) is 16.5. The van der Waals surface area contributed by atoms with Crippen LogP contribution in [0.3, 0.4) is 0 Å². The van der Waals surface area contributed by atoms with Crippen molar-refractivity contribution in [1.82, 2.24) is 9.97 Å². The highest BCUT2D eigenvalue weighted by Crippen LogP contribution is 2.35. The largest absolute Gasteiger partial charge is 0.496 e. The lowest BCUT2D eigenvalue weighted by atomic mass is 10.1. The molecule has 0 radical (unpaired) electrons. The number of nitrogens with one attached hydrogen (secondary N) is 1. The quantitative estimate of drug-likeness (QED) is 0.193. The maximum absolute atomic E-state index is 11.0. The number of imidazole rings is 1. The average Bonchev–Trinajstić information content (AvgIpc) is 3.39. The van der Waals surface area contributed by atoms with Crippen LogP contribution in [0.4, 0.5) is 5.69 Å². The Balaban J connectivity index is 1.60. The number of thioether (sulfide) groups is 1. The number of nitrogens with zero attached hydrogens (tertiary/aromatic N) is 3. The first kappa shape index (κ1) is 19.3. The number of nitro groups is 1. The van der Waals surface area contributed by atoms with Gasteiger partial charge < -0.3 is 14.1 Å². The molecule has 0 spiro atoms. The van der Waals surface area contributed by atoms with E-state index in [2.05, 4.69) is 16.0 Å². The Labute approximate surface area is 175 Å². The minimum absolute atomic E-state index is 0.0729. The van der Waals surface area contributed by atoms with Gasteiger partial charge in [-0.3, -0.25) is 10.1 Å². The number of furan rings is 1. The van der Waals surface area contributed by atoms with Crippen LogP contribution in [0.25, 0.3) is 28.4 Å². The van der Waals surface area contributed by atoms with E-state index in [0.717, 1.165) is 11.0 Å². The molecule has 0 aliphatic carbocycles. The monoisotopic (exact) mass is 418 g/mol. The van der Waals surface area contributed by atoms with Crippen molar-refractivity contribution in [2.24, 2.45) is 0 Å². The van der Waals surface area contributed by atoms with Crippen molar-refractivity contribution in [2.45, 2.75) is 5.16 Å². The SMILES string of the molecule is COc1cc([N+](=O)[O-])ccc1-c1ccc(/C=C(\C#N)Sc2nc3ccccc3[nH]2)o1. The smallest absolute Gasteiger partial charge is 0.273 e. The fraction of sp³-hybridized carbons (Fsp3) is 0.0476. The van der Waals surface area contributed by atoms with Crippen LogP contribution in [0.5, 0.6) is 5.75 Å². The first-order chi connectivity index (χ1) is 14.6. The molecule has 0 aliphatic rings. The van der Waals surface area contributed by atoms with Crippen LogP contribution >= 0.6 is 11.8 Å². The standard InChI is InChI=1S/C21H14N4O4S/c1-28-20-10-13(25(26)27)6-8-16(20)19-9-7-14(29-19)11-15(12-22)30-21-23-17-4-2-3-5-18(17)24-21/h2-11H,1H3,(H,23,24)/b15-11+. The number of non-ortho nitro benzene ring substituents is 1. The summed E-state index contributed by atoms with van der Waals surface area (Å²) in [6, 6.07) is 17.5. The van der Waals surface area contributed by atoms with Gasteiger partial charge in [-0.15, -0.1) is 0 Å². The van der Waals surface area contributed by atoms with E-state index in [0.29, 0.717) is 32.9 Å². The molecule has 0 unspecified atom stereocenters. The molecule has 0 saturated carbocycles. The molecular formula is C21H14N4O4S. The average molecular weight is 418 g/mol. The third kappa shape index (κ3) is 3.90. The van der Waals surface area contributed by atoms with Gasteiger partial charge in [-0.2, -0.15) is 5.26 Å². The number of hydrogen-bond acceptors (Lipinski definition) is 7. The topological polar surface area (TPSA) is 118 Å². The van der Waals surface area contributed by atoms with E-state index in [-0.39, 0.29) is 5.69 Å². The van der Waals surface area contributed by atoms with Gasteiger partial charge in [-0.25, -0.2) is 4.98 Å². The van der Waals surface area contributed by atoms with Gasteiger partial charge in [0.2, 0.25) is 0 Å². The first-order valence-electron chi connectivity index (χ1n) is 8.74. The molecule has 0 fully saturated rings. The van der Waals surface area contributed by atoms with E-state index in [9.17, 15) is 15.4 Å². The number of para-hydroxylation sites is 2. The van der Waals surface area contributed by atoms with Crippen LogP contribution in [-0.2, 0) is 0 Å². The van der Waals surface area contributed by atoms with Crippen LogP contribution in [0.15, 0.2) is 69.1 Å². The fourth-order valence-electron chi connectivity index (χ4n) is 2.87. The van der Waals surface area contributed by atoms with Crippen molar-refractivity contribution in [3.05, 3.63) is 75.4 Å². The number of nitro benzene ring substituents is 1. The summed E-state index contributed by atoms with van der Waals surface area (Å²) < 4.78 is 11.1. The van der Waals surface area contributed by atoms with Gasteiger partial charge in [-0.1, -0.05) is 12.1 Å². The Bertz CT molecular complexity index is 1280. The molecule has 9 heteroatoms. The highest BCUT2D eigenvalue weighted by atomic mass is 32.2. The number of rotatable bonds is 6. The number of nitriles is 1. The molecule has 1 N–H and O–H groups in total. The molecule has 0 amide bonds. The predicted octanol–water partition coefficient (Wildman–Crippen LogP) is 5.40. The molecule has 2 aromatic carbocycles. The second-order valence-electron chi connectivity index (χ2n) is 6.13. The Kier molecular flexibility index (Phi) is 5.24. The number of aromatic amines is 1. The zero-order valence-electron chi connectivity index (χ0n) is 15.7. The van der Waals surface area contributed by atoms with Crippen LogP contribution in [0, 0.1) is 21.4 Å². The number of allylic oxidation sites excluding steroid dienone is 1. The van der Waals surface area contributed by atoms with Gasteiger partial charge in [0.05, 0.1) is 39.6 Å². The molecule has 2 heterocycles. The summed E-state index contributed by atoms with van der Waals surface area (Å²) in [7, 11) is 1.43. The minimum Gasteiger partial charge on any atom is -0.496 e. The zero-order chi connectivity index (χ0) is 21.1. The summed E-state index contributed by atoms with van der Waals surface area (Å²) in [5, 5.41) is 21.1. The maximum atomic E-state index is 11.0. The van der Waals surface area contributed by atoms with Gasteiger partial charge in [-0.05, 0) is 42.1 Å². The number of fused-ring (bicyclic) bond motifs is 1. The van der Waals surface area contributed by atoms with E-state index in [1.807, 2.05) is 24.3 Å².